The molecule has 0 spiro atoms. The summed E-state index contributed by atoms with van der Waals surface area (Å²) < 4.78 is 10.4. The molecule has 0 radical (unpaired) electrons. The van der Waals surface area contributed by atoms with E-state index in [1.807, 2.05) is 0 Å². The van der Waals surface area contributed by atoms with Crippen LogP contribution in [0, 0.1) is 0 Å². The highest BCUT2D eigenvalue weighted by Crippen LogP contribution is 2.28. The molecule has 1 saturated heterocycles. The SMILES string of the molecule is COc1ccc(/C=C2\C(=O)NC(=O)N(C(C)(C)C)C2=O)c(OC)c1. The van der Waals surface area contributed by atoms with Crippen LogP contribution in [0.4, 0.5) is 4.79 Å². The third-order valence-corrected chi connectivity index (χ3v) is 3.51. The molecule has 1 aliphatic heterocycles. The lowest BCUT2D eigenvalue weighted by atomic mass is 10.0. The number of carbonyl (C=O) groups excluding carboxylic acids is 3. The van der Waals surface area contributed by atoms with E-state index in [-0.39, 0.29) is 5.57 Å². The molecule has 24 heavy (non-hydrogen) atoms. The number of nitrogens with one attached hydrogen (secondary N) is 1. The third kappa shape index (κ3) is 3.24. The topological polar surface area (TPSA) is 84.9 Å². The van der Waals surface area contributed by atoms with Crippen LogP contribution in [0.25, 0.3) is 6.08 Å². The second-order valence-electron chi connectivity index (χ2n) is 6.24. The molecular weight excluding hydrogens is 312 g/mol. The summed E-state index contributed by atoms with van der Waals surface area (Å²) in [6.07, 6.45) is 1.40. The molecule has 0 atom stereocenters. The van der Waals surface area contributed by atoms with E-state index < -0.39 is 23.4 Å². The van der Waals surface area contributed by atoms with E-state index in [4.69, 9.17) is 9.47 Å². The van der Waals surface area contributed by atoms with Gasteiger partial charge in [-0.3, -0.25) is 19.8 Å². The summed E-state index contributed by atoms with van der Waals surface area (Å²) in [4.78, 5) is 37.7. The highest BCUT2D eigenvalue weighted by Gasteiger charge is 2.41. The van der Waals surface area contributed by atoms with Gasteiger partial charge in [-0.1, -0.05) is 0 Å². The Bertz CT molecular complexity index is 731. The van der Waals surface area contributed by atoms with Crippen molar-refractivity contribution < 1.29 is 23.9 Å². The minimum atomic E-state index is -0.759. The highest BCUT2D eigenvalue weighted by molar-refractivity contribution is 6.31. The van der Waals surface area contributed by atoms with Crippen molar-refractivity contribution in [1.29, 1.82) is 0 Å². The molecule has 1 fully saturated rings. The van der Waals surface area contributed by atoms with Gasteiger partial charge in [-0.15, -0.1) is 0 Å². The Morgan fingerprint density at radius 3 is 2.29 bits per heavy atom. The average Bonchev–Trinajstić information content (AvgIpc) is 2.49. The number of urea groups is 1. The van der Waals surface area contributed by atoms with Crippen molar-refractivity contribution in [2.75, 3.05) is 14.2 Å². The Labute approximate surface area is 140 Å². The Kier molecular flexibility index (Phi) is 4.64. The Morgan fingerprint density at radius 1 is 1.08 bits per heavy atom. The number of hydrogen-bond acceptors (Lipinski definition) is 5. The normalized spacial score (nSPS) is 17.1. The predicted octanol–water partition coefficient (Wildman–Crippen LogP) is 1.96. The molecule has 1 aromatic carbocycles. The molecule has 0 saturated carbocycles. The molecule has 0 aromatic heterocycles. The summed E-state index contributed by atoms with van der Waals surface area (Å²) >= 11 is 0. The summed E-state index contributed by atoms with van der Waals surface area (Å²) in [6, 6.07) is 4.27. The number of benzene rings is 1. The molecule has 1 heterocycles. The van der Waals surface area contributed by atoms with Crippen molar-refractivity contribution in [1.82, 2.24) is 10.2 Å². The van der Waals surface area contributed by atoms with Crippen molar-refractivity contribution in [3.05, 3.63) is 29.3 Å². The zero-order chi connectivity index (χ0) is 18.1. The number of carbonyl (C=O) groups is 3. The fourth-order valence-corrected chi connectivity index (χ4v) is 2.36. The molecule has 128 valence electrons. The van der Waals surface area contributed by atoms with Gasteiger partial charge in [0.2, 0.25) is 0 Å². The van der Waals surface area contributed by atoms with Gasteiger partial charge < -0.3 is 9.47 Å². The summed E-state index contributed by atoms with van der Waals surface area (Å²) in [7, 11) is 3.00. The summed E-state index contributed by atoms with van der Waals surface area (Å²) in [5, 5.41) is 2.19. The van der Waals surface area contributed by atoms with Gasteiger partial charge >= 0.3 is 6.03 Å². The third-order valence-electron chi connectivity index (χ3n) is 3.51. The number of methoxy groups -OCH3 is 2. The first-order valence-corrected chi connectivity index (χ1v) is 7.32. The van der Waals surface area contributed by atoms with Crippen LogP contribution < -0.4 is 14.8 Å². The van der Waals surface area contributed by atoms with Gasteiger partial charge in [0, 0.05) is 17.2 Å². The first kappa shape index (κ1) is 17.5. The van der Waals surface area contributed by atoms with E-state index >= 15 is 0 Å². The standard InChI is InChI=1S/C17H20N2O5/c1-17(2,3)19-15(21)12(14(20)18-16(19)22)8-10-6-7-11(23-4)9-13(10)24-5/h6-9H,1-5H3,(H,18,20,22)/b12-8+. The van der Waals surface area contributed by atoms with Crippen LogP contribution >= 0.6 is 0 Å². The van der Waals surface area contributed by atoms with Gasteiger partial charge in [0.25, 0.3) is 11.8 Å². The van der Waals surface area contributed by atoms with E-state index in [1.54, 1.807) is 39.0 Å². The van der Waals surface area contributed by atoms with Gasteiger partial charge in [-0.05, 0) is 39.0 Å². The molecule has 0 bridgehead atoms. The minimum absolute atomic E-state index is 0.131. The van der Waals surface area contributed by atoms with Crippen molar-refractivity contribution >= 4 is 23.9 Å². The monoisotopic (exact) mass is 332 g/mol. The molecule has 7 heteroatoms. The lowest BCUT2D eigenvalue weighted by molar-refractivity contribution is -0.133. The van der Waals surface area contributed by atoms with Crippen LogP contribution in [0.3, 0.4) is 0 Å². The Balaban J connectivity index is 2.50. The smallest absolute Gasteiger partial charge is 0.331 e. The van der Waals surface area contributed by atoms with Crippen LogP contribution in [0.1, 0.15) is 26.3 Å². The molecule has 2 rings (SSSR count). The molecule has 1 N–H and O–H groups in total. The molecule has 0 unspecified atom stereocenters. The van der Waals surface area contributed by atoms with Crippen molar-refractivity contribution in [3.63, 3.8) is 0 Å². The van der Waals surface area contributed by atoms with Gasteiger partial charge in [0.15, 0.2) is 0 Å². The number of rotatable bonds is 3. The van der Waals surface area contributed by atoms with Crippen LogP contribution in [0.15, 0.2) is 23.8 Å². The molecule has 0 aliphatic carbocycles. The predicted molar refractivity (Wildman–Crippen MR) is 87.7 cm³/mol. The van der Waals surface area contributed by atoms with Crippen LogP contribution in [0.2, 0.25) is 0 Å². The largest absolute Gasteiger partial charge is 0.497 e. The van der Waals surface area contributed by atoms with E-state index in [2.05, 4.69) is 5.32 Å². The lowest BCUT2D eigenvalue weighted by Crippen LogP contribution is -2.60. The Morgan fingerprint density at radius 2 is 1.75 bits per heavy atom. The second kappa shape index (κ2) is 6.35. The molecule has 1 aromatic rings. The Hall–Kier alpha value is -2.83. The average molecular weight is 332 g/mol. The summed E-state index contributed by atoms with van der Waals surface area (Å²) in [5.74, 6) is -0.348. The summed E-state index contributed by atoms with van der Waals surface area (Å²) in [6.45, 7) is 5.14. The molecule has 7 nitrogen and oxygen atoms in total. The van der Waals surface area contributed by atoms with E-state index in [9.17, 15) is 14.4 Å². The number of hydrogen-bond donors (Lipinski definition) is 1. The minimum Gasteiger partial charge on any atom is -0.497 e. The van der Waals surface area contributed by atoms with E-state index in [0.717, 1.165) is 4.90 Å². The maximum Gasteiger partial charge on any atom is 0.331 e. The lowest BCUT2D eigenvalue weighted by Gasteiger charge is -2.36. The maximum absolute atomic E-state index is 12.6. The van der Waals surface area contributed by atoms with Crippen molar-refractivity contribution in [2.24, 2.45) is 0 Å². The van der Waals surface area contributed by atoms with Crippen LogP contribution in [-0.2, 0) is 9.59 Å². The zero-order valence-corrected chi connectivity index (χ0v) is 14.3. The molecule has 1 aliphatic rings. The maximum atomic E-state index is 12.6. The van der Waals surface area contributed by atoms with Crippen LogP contribution in [-0.4, -0.2) is 42.5 Å². The zero-order valence-electron chi connectivity index (χ0n) is 14.3. The van der Waals surface area contributed by atoms with Gasteiger partial charge in [-0.2, -0.15) is 0 Å². The fourth-order valence-electron chi connectivity index (χ4n) is 2.36. The second-order valence-corrected chi connectivity index (χ2v) is 6.24. The van der Waals surface area contributed by atoms with Crippen molar-refractivity contribution in [2.45, 2.75) is 26.3 Å². The first-order valence-electron chi connectivity index (χ1n) is 7.32. The fraction of sp³-hybridized carbons (Fsp3) is 0.353. The van der Waals surface area contributed by atoms with Gasteiger partial charge in [0.1, 0.15) is 17.1 Å². The quantitative estimate of drug-likeness (QED) is 0.675. The number of barbiturate groups is 1. The van der Waals surface area contributed by atoms with Gasteiger partial charge in [-0.25, -0.2) is 4.79 Å². The van der Waals surface area contributed by atoms with E-state index in [1.165, 1.54) is 20.3 Å². The van der Waals surface area contributed by atoms with Gasteiger partial charge in [0.05, 0.1) is 14.2 Å². The molecule has 4 amide bonds. The number of nitrogens with zero attached hydrogens (tertiary/aromatic N) is 1. The van der Waals surface area contributed by atoms with Crippen molar-refractivity contribution in [3.8, 4) is 11.5 Å². The number of imide groups is 2. The number of ether oxygens (including phenoxy) is 2. The van der Waals surface area contributed by atoms with E-state index in [0.29, 0.717) is 17.1 Å². The highest BCUT2D eigenvalue weighted by atomic mass is 16.5. The number of amides is 4. The molecular formula is C17H20N2O5. The first-order chi connectivity index (χ1) is 11.2. The summed E-state index contributed by atoms with van der Waals surface area (Å²) in [5.41, 5.74) is -0.363. The van der Waals surface area contributed by atoms with Crippen LogP contribution in [0.5, 0.6) is 11.5 Å².